The number of ketones is 2. The Morgan fingerprint density at radius 3 is 1.95 bits per heavy atom. The zero-order valence-electron chi connectivity index (χ0n) is 34.4. The Labute approximate surface area is 335 Å². The third-order valence-corrected chi connectivity index (χ3v) is 10.4. The van der Waals surface area contributed by atoms with Crippen LogP contribution in [-0.2, 0) is 6.42 Å². The molecule has 57 heavy (non-hydrogen) atoms. The second kappa shape index (κ2) is 18.7. The van der Waals surface area contributed by atoms with Gasteiger partial charge in [-0.25, -0.2) is 0 Å². The van der Waals surface area contributed by atoms with E-state index in [1.165, 1.54) is 20.3 Å². The molecule has 1 aliphatic carbocycles. The number of aromatic hydroxyl groups is 1. The Morgan fingerprint density at radius 1 is 0.719 bits per heavy atom. The van der Waals surface area contributed by atoms with Crippen LogP contribution in [0.5, 0.6) is 46.0 Å². The monoisotopic (exact) mass is 776 g/mol. The van der Waals surface area contributed by atoms with E-state index in [9.17, 15) is 9.90 Å². The van der Waals surface area contributed by atoms with Crippen molar-refractivity contribution >= 4 is 17.6 Å². The number of hydrogen-bond acceptors (Lipinski definition) is 10. The molecule has 0 bridgehead atoms. The van der Waals surface area contributed by atoms with Gasteiger partial charge >= 0.3 is 0 Å². The highest BCUT2D eigenvalue weighted by atomic mass is 16.5. The van der Waals surface area contributed by atoms with E-state index in [-0.39, 0.29) is 34.2 Å². The van der Waals surface area contributed by atoms with Crippen LogP contribution in [0.4, 0.5) is 0 Å². The number of methoxy groups -OCH3 is 7. The zero-order chi connectivity index (χ0) is 41.4. The summed E-state index contributed by atoms with van der Waals surface area (Å²) in [4.78, 5) is 29.5. The van der Waals surface area contributed by atoms with Crippen molar-refractivity contribution in [2.75, 3.05) is 49.8 Å². The fourth-order valence-corrected chi connectivity index (χ4v) is 7.63. The largest absolute Gasteiger partial charge is 0.507 e. The first-order valence-corrected chi connectivity index (χ1v) is 18.6. The molecule has 3 atom stereocenters. The summed E-state index contributed by atoms with van der Waals surface area (Å²) in [5, 5.41) is 11.9. The normalized spacial score (nSPS) is 16.3. The molecule has 0 saturated heterocycles. The third kappa shape index (κ3) is 8.80. The fourth-order valence-electron chi connectivity index (χ4n) is 7.63. The van der Waals surface area contributed by atoms with Gasteiger partial charge in [0, 0.05) is 46.6 Å². The Balaban J connectivity index is 1.74. The van der Waals surface area contributed by atoms with E-state index in [2.05, 4.69) is 0 Å². The number of allylic oxidation sites excluding steroid dienone is 5. The summed E-state index contributed by atoms with van der Waals surface area (Å²) in [6.45, 7) is 5.95. The zero-order valence-corrected chi connectivity index (χ0v) is 34.4. The van der Waals surface area contributed by atoms with Crippen LogP contribution in [0.15, 0.2) is 90.0 Å². The summed E-state index contributed by atoms with van der Waals surface area (Å²) in [6.07, 6.45) is 8.01. The van der Waals surface area contributed by atoms with E-state index in [0.717, 1.165) is 16.7 Å². The van der Waals surface area contributed by atoms with Crippen LogP contribution in [0.1, 0.15) is 82.0 Å². The molecule has 10 heteroatoms. The van der Waals surface area contributed by atoms with Crippen LogP contribution in [0, 0.1) is 5.92 Å². The van der Waals surface area contributed by atoms with Gasteiger partial charge in [-0.05, 0) is 93.8 Å². The summed E-state index contributed by atoms with van der Waals surface area (Å²) in [5.41, 5.74) is 4.97. The van der Waals surface area contributed by atoms with Crippen molar-refractivity contribution in [1.29, 1.82) is 0 Å². The van der Waals surface area contributed by atoms with Crippen molar-refractivity contribution in [2.24, 2.45) is 5.92 Å². The lowest BCUT2D eigenvalue weighted by Gasteiger charge is -2.38. The highest BCUT2D eigenvalue weighted by Gasteiger charge is 2.44. The summed E-state index contributed by atoms with van der Waals surface area (Å²) in [7, 11) is 10.9. The van der Waals surface area contributed by atoms with Crippen molar-refractivity contribution in [2.45, 2.75) is 45.4 Å². The third-order valence-electron chi connectivity index (χ3n) is 10.4. The van der Waals surface area contributed by atoms with E-state index in [0.29, 0.717) is 64.0 Å². The molecule has 0 aromatic heterocycles. The Kier molecular flexibility index (Phi) is 13.7. The summed E-state index contributed by atoms with van der Waals surface area (Å²) >= 11 is 0. The average molecular weight is 777 g/mol. The maximum absolute atomic E-state index is 15.4. The van der Waals surface area contributed by atoms with Crippen LogP contribution in [0.3, 0.4) is 0 Å². The SMILES string of the molecule is COc1ccc(/C=C/C(=O)c2ccc(OC)c([C@@H]3C=C(C)C[C@H](c4ccc(OC)cc4OC)[C@H]3C(=O)c3ccc(OC)c(CC=C(C)C)c3O)c2OC)c(OC)c1. The quantitative estimate of drug-likeness (QED) is 0.0670. The summed E-state index contributed by atoms with van der Waals surface area (Å²) < 4.78 is 40.0. The predicted octanol–water partition coefficient (Wildman–Crippen LogP) is 9.57. The highest BCUT2D eigenvalue weighted by molar-refractivity contribution is 6.09. The molecule has 5 rings (SSSR count). The Morgan fingerprint density at radius 2 is 1.33 bits per heavy atom. The lowest BCUT2D eigenvalue weighted by molar-refractivity contribution is 0.0876. The molecule has 300 valence electrons. The number of phenols is 1. The lowest BCUT2D eigenvalue weighted by Crippen LogP contribution is -2.32. The van der Waals surface area contributed by atoms with Gasteiger partial charge in [0.15, 0.2) is 11.6 Å². The molecule has 0 aliphatic heterocycles. The van der Waals surface area contributed by atoms with Crippen molar-refractivity contribution in [3.63, 3.8) is 0 Å². The number of hydrogen-bond donors (Lipinski definition) is 1. The molecule has 0 saturated carbocycles. The van der Waals surface area contributed by atoms with Gasteiger partial charge in [-0.3, -0.25) is 9.59 Å². The topological polar surface area (TPSA) is 119 Å². The van der Waals surface area contributed by atoms with Gasteiger partial charge in [-0.1, -0.05) is 29.4 Å². The average Bonchev–Trinajstić information content (AvgIpc) is 3.23. The minimum atomic E-state index is -0.834. The van der Waals surface area contributed by atoms with E-state index in [1.807, 2.05) is 45.1 Å². The first kappa shape index (κ1) is 42.0. The lowest BCUT2D eigenvalue weighted by atomic mass is 9.65. The number of benzene rings is 4. The molecule has 0 spiro atoms. The first-order chi connectivity index (χ1) is 27.4. The first-order valence-electron chi connectivity index (χ1n) is 18.6. The molecular weight excluding hydrogens is 725 g/mol. The predicted molar refractivity (Wildman–Crippen MR) is 221 cm³/mol. The smallest absolute Gasteiger partial charge is 0.189 e. The van der Waals surface area contributed by atoms with Crippen molar-refractivity contribution in [1.82, 2.24) is 0 Å². The number of carbonyl (C=O) groups excluding carboxylic acids is 2. The molecule has 1 N–H and O–H groups in total. The van der Waals surface area contributed by atoms with Gasteiger partial charge in [-0.2, -0.15) is 0 Å². The van der Waals surface area contributed by atoms with Crippen molar-refractivity contribution in [3.05, 3.63) is 123 Å². The van der Waals surface area contributed by atoms with Gasteiger partial charge in [0.05, 0.1) is 60.9 Å². The van der Waals surface area contributed by atoms with Gasteiger partial charge in [0.25, 0.3) is 0 Å². The number of ether oxygens (including phenoxy) is 7. The van der Waals surface area contributed by atoms with E-state index in [1.54, 1.807) is 90.2 Å². The van der Waals surface area contributed by atoms with Crippen LogP contribution in [0.2, 0.25) is 0 Å². The van der Waals surface area contributed by atoms with Gasteiger partial charge in [0.2, 0.25) is 0 Å². The van der Waals surface area contributed by atoms with Crippen LogP contribution in [0.25, 0.3) is 6.08 Å². The highest BCUT2D eigenvalue weighted by Crippen LogP contribution is 2.54. The van der Waals surface area contributed by atoms with Crippen molar-refractivity contribution in [3.8, 4) is 46.0 Å². The molecule has 0 fully saturated rings. The maximum Gasteiger partial charge on any atom is 0.189 e. The second-order valence-corrected chi connectivity index (χ2v) is 14.0. The van der Waals surface area contributed by atoms with E-state index in [4.69, 9.17) is 33.2 Å². The number of phenolic OH excluding ortho intramolecular Hbond substituents is 1. The molecule has 0 radical (unpaired) electrons. The fraction of sp³-hybridized carbons (Fsp3) is 0.319. The molecule has 10 nitrogen and oxygen atoms in total. The maximum atomic E-state index is 15.4. The molecule has 4 aromatic carbocycles. The molecule has 1 aliphatic rings. The number of Topliss-reactive ketones (excluding diaryl/α,β-unsaturated/α-hetero) is 1. The Bertz CT molecular complexity index is 2210. The summed E-state index contributed by atoms with van der Waals surface area (Å²) in [5.74, 6) is 0.719. The summed E-state index contributed by atoms with van der Waals surface area (Å²) in [6, 6.07) is 17.6. The van der Waals surface area contributed by atoms with Gasteiger partial charge in [-0.15, -0.1) is 0 Å². The minimum absolute atomic E-state index is 0.148. The Hall–Kier alpha value is -6.16. The molecule has 0 heterocycles. The second-order valence-electron chi connectivity index (χ2n) is 14.0. The van der Waals surface area contributed by atoms with Crippen LogP contribution in [-0.4, -0.2) is 66.4 Å². The van der Waals surface area contributed by atoms with E-state index >= 15 is 4.79 Å². The van der Waals surface area contributed by atoms with Crippen molar-refractivity contribution < 1.29 is 47.9 Å². The van der Waals surface area contributed by atoms with Crippen LogP contribution < -0.4 is 33.2 Å². The van der Waals surface area contributed by atoms with E-state index < -0.39 is 17.8 Å². The standard InChI is InChI=1S/C47H52O10/c1-27(2)11-16-34-39(53-6)21-19-35(45(34)49)46(50)43-36(32-17-15-31(52-5)26-42(32)56-9)23-28(3)24-37(43)44-40(54-7)22-18-33(47(44)57-10)38(48)20-13-29-12-14-30(51-4)25-41(29)55-8/h11-15,17-22,24-26,36-37,43,49H,16,23H2,1-10H3/b20-13+/t36-,37-,43-/m1/s1. The van der Waals surface area contributed by atoms with Gasteiger partial charge < -0.3 is 38.3 Å². The molecular formula is C47H52O10. The minimum Gasteiger partial charge on any atom is -0.507 e. The number of carbonyl (C=O) groups is 2. The number of rotatable bonds is 16. The molecule has 0 amide bonds. The van der Waals surface area contributed by atoms with Gasteiger partial charge in [0.1, 0.15) is 46.0 Å². The van der Waals surface area contributed by atoms with Crippen LogP contribution >= 0.6 is 0 Å². The molecule has 0 unspecified atom stereocenters. The molecule has 4 aromatic rings.